The molecule has 0 heterocycles. The highest BCUT2D eigenvalue weighted by Crippen LogP contribution is 2.35. The summed E-state index contributed by atoms with van der Waals surface area (Å²) in [4.78, 5) is 49.3. The molecule has 0 radical (unpaired) electrons. The molecule has 1 unspecified atom stereocenters. The van der Waals surface area contributed by atoms with E-state index in [9.17, 15) is 45.5 Å². The van der Waals surface area contributed by atoms with Gasteiger partial charge in [0.25, 0.3) is 5.91 Å². The molecule has 2 rings (SSSR count). The van der Waals surface area contributed by atoms with E-state index in [1.165, 1.54) is 33.1 Å². The van der Waals surface area contributed by atoms with Gasteiger partial charge in [-0.25, -0.2) is 9.59 Å². The number of carbonyl (C=O) groups excluding carboxylic acids is 4. The van der Waals surface area contributed by atoms with Crippen molar-refractivity contribution in [3.8, 4) is 5.75 Å². The number of hydrogen-bond donors (Lipinski definition) is 4. The number of Topliss-reactive ketones (excluding diaryl/α,β-unsaturated/α-hetero) is 1. The van der Waals surface area contributed by atoms with E-state index in [4.69, 9.17) is 19.6 Å². The van der Waals surface area contributed by atoms with Gasteiger partial charge in [-0.15, -0.1) is 0 Å². The summed E-state index contributed by atoms with van der Waals surface area (Å²) in [6.45, 7) is 0.690. The minimum atomic E-state index is -5.84. The molecule has 1 atom stereocenters. The lowest BCUT2D eigenvalue weighted by Crippen LogP contribution is -2.52. The van der Waals surface area contributed by atoms with Gasteiger partial charge in [0.05, 0.1) is 11.6 Å². The molecule has 12 nitrogen and oxygen atoms in total. The van der Waals surface area contributed by atoms with Crippen molar-refractivity contribution in [2.45, 2.75) is 63.4 Å². The molecule has 2 amide bonds. The molecule has 0 aliphatic carbocycles. The summed E-state index contributed by atoms with van der Waals surface area (Å²) in [6, 6.07) is 12.8. The van der Waals surface area contributed by atoms with Crippen molar-refractivity contribution < 1.29 is 64.5 Å². The molecular formula is C30H34F6N4O8. The van der Waals surface area contributed by atoms with Crippen LogP contribution in [0.25, 0.3) is 0 Å². The third-order valence-electron chi connectivity index (χ3n) is 6.45. The summed E-state index contributed by atoms with van der Waals surface area (Å²) in [5, 5.41) is 14.6. The van der Waals surface area contributed by atoms with E-state index < -0.39 is 66.4 Å². The topological polar surface area (TPSA) is 165 Å². The summed E-state index contributed by atoms with van der Waals surface area (Å²) >= 11 is 0. The molecule has 48 heavy (non-hydrogen) atoms. The number of nitrogens with one attached hydrogen (secondary N) is 4. The molecule has 0 aromatic heterocycles. The van der Waals surface area contributed by atoms with Gasteiger partial charge < -0.3 is 29.6 Å². The zero-order valence-electron chi connectivity index (χ0n) is 25.9. The monoisotopic (exact) mass is 692 g/mol. The van der Waals surface area contributed by atoms with Crippen LogP contribution in [0.2, 0.25) is 0 Å². The molecule has 0 saturated heterocycles. The predicted octanol–water partition coefficient (Wildman–Crippen LogP) is 4.43. The summed E-state index contributed by atoms with van der Waals surface area (Å²) in [7, 11) is 1.17. The minimum absolute atomic E-state index is 0.0492. The molecular weight excluding hydrogens is 658 g/mol. The SMILES string of the molecule is COC(C)(C)C(=O)NC(CCCNC(=N)NC(=O)OCc1ccc(OC(=O)c2ccccc2)cc1)C(=O)COC(C(F)(F)F)C(F)(F)F. The number of benzene rings is 2. The van der Waals surface area contributed by atoms with E-state index in [1.54, 1.807) is 42.5 Å². The van der Waals surface area contributed by atoms with Crippen molar-refractivity contribution in [2.24, 2.45) is 0 Å². The normalized spacial score (nSPS) is 12.5. The summed E-state index contributed by atoms with van der Waals surface area (Å²) in [6.07, 6.45) is -17.2. The van der Waals surface area contributed by atoms with Crippen molar-refractivity contribution in [1.29, 1.82) is 5.41 Å². The second kappa shape index (κ2) is 17.4. The van der Waals surface area contributed by atoms with Crippen molar-refractivity contribution in [3.05, 3.63) is 65.7 Å². The van der Waals surface area contributed by atoms with Gasteiger partial charge >= 0.3 is 24.4 Å². The van der Waals surface area contributed by atoms with Crippen LogP contribution in [0.3, 0.4) is 0 Å². The number of amides is 2. The smallest absolute Gasteiger partial charge is 0.423 e. The van der Waals surface area contributed by atoms with Crippen molar-refractivity contribution in [2.75, 3.05) is 20.3 Å². The van der Waals surface area contributed by atoms with E-state index >= 15 is 0 Å². The lowest BCUT2D eigenvalue weighted by Gasteiger charge is -2.27. The number of esters is 1. The highest BCUT2D eigenvalue weighted by molar-refractivity contribution is 5.93. The Morgan fingerprint density at radius 2 is 1.50 bits per heavy atom. The van der Waals surface area contributed by atoms with Crippen LogP contribution < -0.4 is 20.7 Å². The number of carbonyl (C=O) groups is 4. The molecule has 0 bridgehead atoms. The molecule has 0 fully saturated rings. The molecule has 264 valence electrons. The molecule has 0 aliphatic heterocycles. The first-order valence-corrected chi connectivity index (χ1v) is 14.1. The van der Waals surface area contributed by atoms with Gasteiger partial charge in [-0.2, -0.15) is 26.3 Å². The first-order chi connectivity index (χ1) is 22.3. The Morgan fingerprint density at radius 1 is 0.896 bits per heavy atom. The lowest BCUT2D eigenvalue weighted by atomic mass is 10.0. The van der Waals surface area contributed by atoms with Crippen LogP contribution in [0, 0.1) is 5.41 Å². The number of hydrogen-bond acceptors (Lipinski definition) is 9. The number of rotatable bonds is 15. The van der Waals surface area contributed by atoms with Crippen LogP contribution >= 0.6 is 0 Å². The number of halogens is 6. The predicted molar refractivity (Wildman–Crippen MR) is 156 cm³/mol. The van der Waals surface area contributed by atoms with Crippen LogP contribution in [0.1, 0.15) is 42.6 Å². The quantitative estimate of drug-likeness (QED) is 0.0528. The van der Waals surface area contributed by atoms with Gasteiger partial charge in [0.15, 0.2) is 11.7 Å². The molecule has 0 saturated carbocycles. The standard InChI is InChI=1S/C30H34F6N4O8/c1-28(2,45-3)25(43)39-21(22(41)17-46-24(29(31,32)33)30(34,35)36)10-7-15-38-26(37)40-27(44)47-16-18-11-13-20(14-12-18)48-23(42)19-8-5-4-6-9-19/h4-6,8-9,11-14,21,24H,7,10,15-17H2,1-3H3,(H,39,43)(H3,37,38,40,44). The van der Waals surface area contributed by atoms with Crippen molar-refractivity contribution in [1.82, 2.24) is 16.0 Å². The highest BCUT2D eigenvalue weighted by Gasteiger charge is 2.58. The summed E-state index contributed by atoms with van der Waals surface area (Å²) in [5.74, 6) is -2.97. The lowest BCUT2D eigenvalue weighted by molar-refractivity contribution is -0.319. The number of alkyl carbamates (subject to hydrolysis) is 1. The minimum Gasteiger partial charge on any atom is -0.444 e. The van der Waals surface area contributed by atoms with E-state index in [0.717, 1.165) is 0 Å². The van der Waals surface area contributed by atoms with Gasteiger partial charge in [-0.1, -0.05) is 30.3 Å². The maximum absolute atomic E-state index is 12.8. The van der Waals surface area contributed by atoms with E-state index in [0.29, 0.717) is 11.1 Å². The average molecular weight is 693 g/mol. The zero-order chi connectivity index (χ0) is 36.1. The van der Waals surface area contributed by atoms with Crippen LogP contribution in [0.15, 0.2) is 54.6 Å². The largest absolute Gasteiger partial charge is 0.444 e. The van der Waals surface area contributed by atoms with E-state index in [1.807, 2.05) is 0 Å². The fourth-order valence-electron chi connectivity index (χ4n) is 3.62. The summed E-state index contributed by atoms with van der Waals surface area (Å²) in [5.41, 5.74) is -0.609. The maximum atomic E-state index is 12.8. The Hall–Kier alpha value is -4.71. The van der Waals surface area contributed by atoms with E-state index in [2.05, 4.69) is 20.7 Å². The van der Waals surface area contributed by atoms with Gasteiger partial charge in [-0.3, -0.25) is 20.3 Å². The molecule has 0 spiro atoms. The Kier molecular flexibility index (Phi) is 14.3. The average Bonchev–Trinajstić information content (AvgIpc) is 3.01. The molecule has 0 aliphatic rings. The number of methoxy groups -OCH3 is 1. The van der Waals surface area contributed by atoms with Crippen LogP contribution in [-0.4, -0.2) is 80.1 Å². The zero-order valence-corrected chi connectivity index (χ0v) is 25.9. The molecule has 2 aromatic carbocycles. The Bertz CT molecular complexity index is 1390. The Balaban J connectivity index is 1.84. The highest BCUT2D eigenvalue weighted by atomic mass is 19.4. The second-order valence-electron chi connectivity index (χ2n) is 10.5. The summed E-state index contributed by atoms with van der Waals surface area (Å²) < 4.78 is 96.0. The fourth-order valence-corrected chi connectivity index (χ4v) is 3.62. The molecule has 4 N–H and O–H groups in total. The number of ether oxygens (including phenoxy) is 4. The van der Waals surface area contributed by atoms with E-state index in [-0.39, 0.29) is 31.7 Å². The number of ketones is 1. The number of alkyl halides is 6. The van der Waals surface area contributed by atoms with Crippen LogP contribution in [0.4, 0.5) is 31.1 Å². The first-order valence-electron chi connectivity index (χ1n) is 14.1. The van der Waals surface area contributed by atoms with Gasteiger partial charge in [0.1, 0.15) is 24.6 Å². The maximum Gasteiger partial charge on any atom is 0.423 e. The molecule has 18 heteroatoms. The third-order valence-corrected chi connectivity index (χ3v) is 6.45. The van der Waals surface area contributed by atoms with Gasteiger partial charge in [0, 0.05) is 13.7 Å². The van der Waals surface area contributed by atoms with Gasteiger partial charge in [-0.05, 0) is 56.5 Å². The Morgan fingerprint density at radius 3 is 2.06 bits per heavy atom. The van der Waals surface area contributed by atoms with Crippen molar-refractivity contribution in [3.63, 3.8) is 0 Å². The number of guanidine groups is 1. The van der Waals surface area contributed by atoms with Crippen LogP contribution in [0.5, 0.6) is 5.75 Å². The first kappa shape index (κ1) is 39.5. The second-order valence-corrected chi connectivity index (χ2v) is 10.5. The van der Waals surface area contributed by atoms with Gasteiger partial charge in [0.2, 0.25) is 6.10 Å². The fraction of sp³-hybridized carbons (Fsp3) is 0.433. The van der Waals surface area contributed by atoms with Crippen LogP contribution in [-0.2, 0) is 30.4 Å². The third kappa shape index (κ3) is 13.2. The Labute approximate surface area is 270 Å². The molecule has 2 aromatic rings. The van der Waals surface area contributed by atoms with Crippen molar-refractivity contribution >= 4 is 29.7 Å².